The summed E-state index contributed by atoms with van der Waals surface area (Å²) in [7, 11) is -10.7. The van der Waals surface area contributed by atoms with Crippen LogP contribution in [-0.4, -0.2) is 71.5 Å². The van der Waals surface area contributed by atoms with Gasteiger partial charge in [0.15, 0.2) is 0 Å². The van der Waals surface area contributed by atoms with E-state index in [0.717, 1.165) is 0 Å². The van der Waals surface area contributed by atoms with Crippen molar-refractivity contribution in [2.24, 2.45) is 0 Å². The fraction of sp³-hybridized carbons (Fsp3) is 1.00. The first kappa shape index (κ1) is 20.9. The summed E-state index contributed by atoms with van der Waals surface area (Å²) in [6.45, 7) is 0.876. The molecule has 12 nitrogen and oxygen atoms in total. The van der Waals surface area contributed by atoms with Crippen LogP contribution in [0.3, 0.4) is 0 Å². The van der Waals surface area contributed by atoms with Crippen molar-refractivity contribution < 1.29 is 56.5 Å². The summed E-state index contributed by atoms with van der Waals surface area (Å²) in [4.78, 5) is 25.8. The zero-order valence-electron chi connectivity index (χ0n) is 10.9. The third-order valence-corrected chi connectivity index (χ3v) is 8.10. The molecule has 1 aliphatic heterocycles. The maximum absolute atomic E-state index is 11.8. The molecular weight excluding hydrogens is 436 g/mol. The molecule has 16 heteroatoms. The predicted molar refractivity (Wildman–Crippen MR) is 69.7 cm³/mol. The number of hydrogen-bond donors (Lipinski definition) is 5. The zero-order valence-corrected chi connectivity index (χ0v) is 15.3. The fourth-order valence-corrected chi connectivity index (χ4v) is 6.50. The minimum atomic E-state index is -5.37. The van der Waals surface area contributed by atoms with Crippen LogP contribution in [-0.2, 0) is 31.6 Å². The first-order valence-electron chi connectivity index (χ1n) is 5.51. The summed E-state index contributed by atoms with van der Waals surface area (Å²) in [5.41, 5.74) is 0. The van der Waals surface area contributed by atoms with Gasteiger partial charge < -0.3 is 0 Å². The molecule has 0 aliphatic carbocycles. The molecule has 6 atom stereocenters. The molecule has 22 heavy (non-hydrogen) atoms. The van der Waals surface area contributed by atoms with Gasteiger partial charge in [-0.25, -0.2) is 0 Å². The van der Waals surface area contributed by atoms with Gasteiger partial charge in [0.1, 0.15) is 0 Å². The number of aliphatic hydroxyl groups is 2. The Morgan fingerprint density at radius 3 is 2.05 bits per heavy atom. The summed E-state index contributed by atoms with van der Waals surface area (Å²) >= 11 is 1.80. The van der Waals surface area contributed by atoms with Gasteiger partial charge in [0.25, 0.3) is 0 Å². The molecule has 0 saturated carbocycles. The van der Waals surface area contributed by atoms with Crippen LogP contribution in [0.5, 0.6) is 0 Å². The SMILES string of the molecule is C[C@@H]1O[C@H](COP(=O)([Se-])OP(=O)(O)OP(=O)(O)O)C(O)C1O. The Labute approximate surface area is 132 Å². The van der Waals surface area contributed by atoms with Gasteiger partial charge in [0.2, 0.25) is 0 Å². The quantitative estimate of drug-likeness (QED) is 0.236. The Morgan fingerprint density at radius 2 is 1.64 bits per heavy atom. The van der Waals surface area contributed by atoms with Crippen molar-refractivity contribution in [1.82, 2.24) is 0 Å². The first-order valence-corrected chi connectivity index (χ1v) is 12.3. The molecule has 0 aromatic rings. The van der Waals surface area contributed by atoms with Crippen LogP contribution < -0.4 is 0 Å². The van der Waals surface area contributed by atoms with E-state index in [4.69, 9.17) is 19.4 Å². The summed E-state index contributed by atoms with van der Waals surface area (Å²) < 4.78 is 50.7. The van der Waals surface area contributed by atoms with E-state index in [1.165, 1.54) is 6.92 Å². The van der Waals surface area contributed by atoms with Crippen molar-refractivity contribution in [3.05, 3.63) is 0 Å². The van der Waals surface area contributed by atoms with Crippen LogP contribution in [0.25, 0.3) is 0 Å². The van der Waals surface area contributed by atoms with E-state index < -0.39 is 53.0 Å². The maximum atomic E-state index is 11.8. The Bertz CT molecular complexity index is 533. The van der Waals surface area contributed by atoms with E-state index in [-0.39, 0.29) is 0 Å². The molecule has 1 saturated heterocycles. The van der Waals surface area contributed by atoms with E-state index in [9.17, 15) is 23.9 Å². The van der Waals surface area contributed by atoms with Gasteiger partial charge in [-0.15, -0.1) is 0 Å². The Kier molecular flexibility index (Phi) is 7.02. The number of aliphatic hydroxyl groups excluding tert-OH is 2. The second-order valence-corrected chi connectivity index (χ2v) is 11.4. The third kappa shape index (κ3) is 6.76. The summed E-state index contributed by atoms with van der Waals surface area (Å²) in [5.74, 6) is 0. The molecule has 4 unspecified atom stereocenters. The summed E-state index contributed by atoms with van der Waals surface area (Å²) in [5, 5.41) is 19.0. The summed E-state index contributed by atoms with van der Waals surface area (Å²) in [6.07, 6.45) is -8.74. The van der Waals surface area contributed by atoms with Gasteiger partial charge in [0.05, 0.1) is 0 Å². The van der Waals surface area contributed by atoms with Crippen molar-refractivity contribution in [2.45, 2.75) is 31.3 Å². The number of phosphoric acid groups is 2. The van der Waals surface area contributed by atoms with Crippen molar-refractivity contribution in [1.29, 1.82) is 0 Å². The van der Waals surface area contributed by atoms with Gasteiger partial charge in [-0.3, -0.25) is 0 Å². The number of ether oxygens (including phenoxy) is 1. The molecule has 5 N–H and O–H groups in total. The molecule has 1 rings (SSSR count). The van der Waals surface area contributed by atoms with Gasteiger partial charge in [-0.05, 0) is 0 Å². The van der Waals surface area contributed by atoms with Crippen LogP contribution in [0.2, 0.25) is 0 Å². The standard InChI is InChI=1S/C6H15O12P3Se/c1-3-5(7)6(8)4(16-3)2-15-21(14,22)18-20(12,13)17-19(9,10)11/h3-8H,2H2,1H3,(H,12,13)(H,14,22)(H2,9,10,11)/p-1/t3-,4+,5?,6?,21?/m0/s1. The topological polar surface area (TPSA) is 189 Å². The second-order valence-electron chi connectivity index (χ2n) is 4.23. The van der Waals surface area contributed by atoms with E-state index in [2.05, 4.69) is 13.1 Å². The van der Waals surface area contributed by atoms with Crippen LogP contribution in [0.4, 0.5) is 0 Å². The van der Waals surface area contributed by atoms with Gasteiger partial charge in [-0.1, -0.05) is 0 Å². The molecule has 1 aliphatic rings. The average molecular weight is 450 g/mol. The molecule has 0 amide bonds. The molecule has 0 spiro atoms. The van der Waals surface area contributed by atoms with E-state index in [0.29, 0.717) is 0 Å². The number of rotatable bonds is 7. The molecule has 1 heterocycles. The fourth-order valence-electron chi connectivity index (χ4n) is 1.54. The summed E-state index contributed by atoms with van der Waals surface area (Å²) in [6, 6.07) is 0. The molecule has 1 fully saturated rings. The monoisotopic (exact) mass is 451 g/mol. The Hall–Kier alpha value is 0.849. The minimum absolute atomic E-state index is 0.594. The van der Waals surface area contributed by atoms with Crippen molar-refractivity contribution in [2.75, 3.05) is 6.61 Å². The molecule has 0 aromatic heterocycles. The van der Waals surface area contributed by atoms with E-state index in [1.807, 2.05) is 0 Å². The van der Waals surface area contributed by atoms with Crippen molar-refractivity contribution >= 4 is 37.5 Å². The van der Waals surface area contributed by atoms with Crippen LogP contribution in [0.15, 0.2) is 0 Å². The normalized spacial score (nSPS) is 35.0. The molecule has 132 valence electrons. The van der Waals surface area contributed by atoms with Gasteiger partial charge in [-0.2, -0.15) is 0 Å². The zero-order chi connectivity index (χ0) is 17.3. The first-order chi connectivity index (χ1) is 9.72. The Balaban J connectivity index is 2.60. The van der Waals surface area contributed by atoms with Crippen LogP contribution in [0.1, 0.15) is 6.92 Å². The number of hydrogen-bond acceptors (Lipinski definition) is 9. The molecule has 0 aromatic carbocycles. The van der Waals surface area contributed by atoms with E-state index in [1.54, 1.807) is 15.6 Å². The molecular formula is C6H14O12P3Se-. The average Bonchev–Trinajstić information content (AvgIpc) is 2.49. The predicted octanol–water partition coefficient (Wildman–Crippen LogP) is -0.985. The molecule has 0 radical (unpaired) electrons. The second kappa shape index (κ2) is 7.39. The van der Waals surface area contributed by atoms with Gasteiger partial charge in [0, 0.05) is 0 Å². The van der Waals surface area contributed by atoms with Crippen LogP contribution in [0, 0.1) is 0 Å². The van der Waals surface area contributed by atoms with Crippen LogP contribution >= 0.6 is 21.9 Å². The van der Waals surface area contributed by atoms with E-state index >= 15 is 0 Å². The Morgan fingerprint density at radius 1 is 1.09 bits per heavy atom. The van der Waals surface area contributed by atoms with Gasteiger partial charge >= 0.3 is 132 Å². The van der Waals surface area contributed by atoms with Crippen molar-refractivity contribution in [3.8, 4) is 0 Å². The van der Waals surface area contributed by atoms with Crippen molar-refractivity contribution in [3.63, 3.8) is 0 Å². The molecule has 0 bridgehead atoms. The third-order valence-electron chi connectivity index (χ3n) is 2.41.